The van der Waals surface area contributed by atoms with Gasteiger partial charge < -0.3 is 0 Å². The van der Waals surface area contributed by atoms with E-state index in [9.17, 15) is 0 Å². The summed E-state index contributed by atoms with van der Waals surface area (Å²) < 4.78 is 39.5. The summed E-state index contributed by atoms with van der Waals surface area (Å²) in [6.45, 7) is 0. The molecule has 0 atom stereocenters. The molecule has 0 unspecified atom stereocenters. The van der Waals surface area contributed by atoms with Crippen LogP contribution in [0.4, 0.5) is 0 Å². The molecular formula is C18H13Cl. The molecule has 0 bridgehead atoms. The van der Waals surface area contributed by atoms with E-state index in [-0.39, 0.29) is 29.7 Å². The summed E-state index contributed by atoms with van der Waals surface area (Å²) in [6.07, 6.45) is 0. The van der Waals surface area contributed by atoms with E-state index in [0.29, 0.717) is 10.6 Å². The maximum absolute atomic E-state index is 8.10. The maximum Gasteiger partial charge on any atom is 0.0629 e. The van der Waals surface area contributed by atoms with Gasteiger partial charge in [0.25, 0.3) is 0 Å². The quantitative estimate of drug-likeness (QED) is 0.562. The Bertz CT molecular complexity index is 893. The van der Waals surface area contributed by atoms with Crippen molar-refractivity contribution in [3.63, 3.8) is 0 Å². The van der Waals surface area contributed by atoms with Crippen LogP contribution < -0.4 is 0 Å². The molecule has 0 aliphatic rings. The van der Waals surface area contributed by atoms with E-state index in [0.717, 1.165) is 11.1 Å². The van der Waals surface area contributed by atoms with Crippen LogP contribution in [0.3, 0.4) is 0 Å². The third-order valence-electron chi connectivity index (χ3n) is 2.79. The van der Waals surface area contributed by atoms with Crippen molar-refractivity contribution in [2.75, 3.05) is 0 Å². The van der Waals surface area contributed by atoms with Gasteiger partial charge in [-0.3, -0.25) is 0 Å². The van der Waals surface area contributed by atoms with Crippen LogP contribution in [0.2, 0.25) is 5.02 Å². The van der Waals surface area contributed by atoms with E-state index >= 15 is 0 Å². The third-order valence-corrected chi connectivity index (χ3v) is 3.01. The van der Waals surface area contributed by atoms with E-state index in [1.165, 1.54) is 0 Å². The molecule has 0 fully saturated rings. The minimum Gasteiger partial charge on any atom is -0.0843 e. The lowest BCUT2D eigenvalue weighted by Gasteiger charge is -2.07. The highest BCUT2D eigenvalue weighted by Gasteiger charge is 2.03. The number of halogens is 1. The fourth-order valence-corrected chi connectivity index (χ4v) is 2.16. The van der Waals surface area contributed by atoms with Crippen molar-refractivity contribution in [2.24, 2.45) is 0 Å². The molecule has 1 heteroatoms. The van der Waals surface area contributed by atoms with Gasteiger partial charge in [0.2, 0.25) is 0 Å². The summed E-state index contributed by atoms with van der Waals surface area (Å²) in [5, 5.41) is 0.443. The van der Waals surface area contributed by atoms with Gasteiger partial charge >= 0.3 is 0 Å². The van der Waals surface area contributed by atoms with Crippen LogP contribution in [0.15, 0.2) is 78.7 Å². The molecule has 3 aromatic carbocycles. The standard InChI is InChI=1S/C18H13Cl/c19-18-12-16(14-7-3-1-4-8-14)11-17(13-18)15-9-5-2-6-10-15/h1-13H/i1D,3D,4D,7D,8D. The van der Waals surface area contributed by atoms with Crippen LogP contribution >= 0.6 is 11.6 Å². The minimum atomic E-state index is -0.404. The third kappa shape index (κ3) is 2.69. The van der Waals surface area contributed by atoms with E-state index in [4.69, 9.17) is 18.5 Å². The van der Waals surface area contributed by atoms with Crippen LogP contribution in [0.5, 0.6) is 0 Å². The summed E-state index contributed by atoms with van der Waals surface area (Å²) in [4.78, 5) is 0. The van der Waals surface area contributed by atoms with Crippen LogP contribution in [-0.2, 0) is 0 Å². The molecule has 92 valence electrons. The first kappa shape index (κ1) is 7.52. The normalized spacial score (nSPS) is 14.1. The molecule has 0 radical (unpaired) electrons. The predicted octanol–water partition coefficient (Wildman–Crippen LogP) is 5.67. The highest BCUT2D eigenvalue weighted by atomic mass is 35.5. The summed E-state index contributed by atoms with van der Waals surface area (Å²) in [5.74, 6) is 0. The Labute approximate surface area is 125 Å². The monoisotopic (exact) mass is 269 g/mol. The highest BCUT2D eigenvalue weighted by molar-refractivity contribution is 6.31. The smallest absolute Gasteiger partial charge is 0.0629 e. The van der Waals surface area contributed by atoms with Gasteiger partial charge in [0, 0.05) is 5.02 Å². The van der Waals surface area contributed by atoms with Crippen molar-refractivity contribution in [1.29, 1.82) is 0 Å². The van der Waals surface area contributed by atoms with Crippen LogP contribution in [0.1, 0.15) is 6.85 Å². The molecule has 3 aromatic rings. The number of hydrogen-bond donors (Lipinski definition) is 0. The zero-order valence-electron chi connectivity index (χ0n) is 15.0. The van der Waals surface area contributed by atoms with Gasteiger partial charge in [-0.2, -0.15) is 0 Å². The van der Waals surface area contributed by atoms with Crippen LogP contribution in [0, 0.1) is 0 Å². The second kappa shape index (κ2) is 5.29. The molecule has 0 spiro atoms. The first-order chi connectivity index (χ1) is 11.4. The molecule has 3 rings (SSSR count). The molecule has 0 heterocycles. The summed E-state index contributed by atoms with van der Waals surface area (Å²) in [7, 11) is 0. The number of rotatable bonds is 2. The second-order valence-corrected chi connectivity index (χ2v) is 4.53. The van der Waals surface area contributed by atoms with Gasteiger partial charge in [-0.05, 0) is 40.5 Å². The molecule has 0 N–H and O–H groups in total. The first-order valence-electron chi connectivity index (χ1n) is 8.33. The van der Waals surface area contributed by atoms with Crippen molar-refractivity contribution < 1.29 is 6.85 Å². The Morgan fingerprint density at radius 2 is 1.32 bits per heavy atom. The Morgan fingerprint density at radius 1 is 0.684 bits per heavy atom. The maximum atomic E-state index is 8.10. The van der Waals surface area contributed by atoms with E-state index in [1.54, 1.807) is 18.2 Å². The van der Waals surface area contributed by atoms with Crippen molar-refractivity contribution in [1.82, 2.24) is 0 Å². The van der Waals surface area contributed by atoms with Crippen LogP contribution in [-0.4, -0.2) is 0 Å². The first-order valence-corrected chi connectivity index (χ1v) is 6.21. The predicted molar refractivity (Wildman–Crippen MR) is 82.3 cm³/mol. The molecule has 19 heavy (non-hydrogen) atoms. The molecule has 0 amide bonds. The fourth-order valence-electron chi connectivity index (χ4n) is 1.93. The van der Waals surface area contributed by atoms with Crippen LogP contribution in [0.25, 0.3) is 22.3 Å². The molecule has 0 nitrogen and oxygen atoms in total. The fraction of sp³-hybridized carbons (Fsp3) is 0. The van der Waals surface area contributed by atoms with E-state index < -0.39 is 6.04 Å². The molecule has 0 aliphatic heterocycles. The van der Waals surface area contributed by atoms with Gasteiger partial charge in [0.05, 0.1) is 6.85 Å². The molecule has 0 saturated heterocycles. The average Bonchev–Trinajstić information content (AvgIpc) is 2.59. The second-order valence-electron chi connectivity index (χ2n) is 4.09. The summed E-state index contributed by atoms with van der Waals surface area (Å²) in [6, 6.07) is 13.2. The van der Waals surface area contributed by atoms with Gasteiger partial charge in [-0.25, -0.2) is 0 Å². The van der Waals surface area contributed by atoms with Gasteiger partial charge in [-0.1, -0.05) is 72.1 Å². The number of benzene rings is 3. The molecular weight excluding hydrogens is 252 g/mol. The zero-order valence-corrected chi connectivity index (χ0v) is 10.8. The molecule has 0 aliphatic carbocycles. The zero-order chi connectivity index (χ0) is 17.4. The molecule has 0 aromatic heterocycles. The van der Waals surface area contributed by atoms with Crippen molar-refractivity contribution >= 4 is 11.6 Å². The SMILES string of the molecule is [2H]c1c([2H])c([2H])c(-c2cc(Cl)cc(-c3ccccc3)c2)c([2H])c1[2H]. The lowest BCUT2D eigenvalue weighted by molar-refractivity contribution is 1.59. The minimum absolute atomic E-state index is 0.153. The topological polar surface area (TPSA) is 0 Å². The lowest BCUT2D eigenvalue weighted by atomic mass is 9.99. The Hall–Kier alpha value is -2.05. The van der Waals surface area contributed by atoms with Crippen molar-refractivity contribution in [3.05, 3.63) is 83.8 Å². The van der Waals surface area contributed by atoms with Gasteiger partial charge in [0.1, 0.15) is 0 Å². The van der Waals surface area contributed by atoms with E-state index in [1.807, 2.05) is 30.3 Å². The van der Waals surface area contributed by atoms with Crippen molar-refractivity contribution in [2.45, 2.75) is 0 Å². The number of hydrogen-bond acceptors (Lipinski definition) is 0. The summed E-state index contributed by atoms with van der Waals surface area (Å²) >= 11 is 6.21. The summed E-state index contributed by atoms with van der Waals surface area (Å²) in [5.41, 5.74) is 2.41. The van der Waals surface area contributed by atoms with E-state index in [2.05, 4.69) is 0 Å². The average molecular weight is 270 g/mol. The highest BCUT2D eigenvalue weighted by Crippen LogP contribution is 2.30. The van der Waals surface area contributed by atoms with Gasteiger partial charge in [0.15, 0.2) is 0 Å². The Kier molecular flexibility index (Phi) is 2.09. The molecule has 0 saturated carbocycles. The Balaban J connectivity index is 2.27. The van der Waals surface area contributed by atoms with Crippen molar-refractivity contribution in [3.8, 4) is 22.3 Å². The largest absolute Gasteiger partial charge is 0.0843 e. The van der Waals surface area contributed by atoms with Gasteiger partial charge in [-0.15, -0.1) is 0 Å². The lowest BCUT2D eigenvalue weighted by Crippen LogP contribution is -1.82. The Morgan fingerprint density at radius 3 is 2.00 bits per heavy atom.